The maximum atomic E-state index is 4.40. The van der Waals surface area contributed by atoms with E-state index < -0.39 is 0 Å². The van der Waals surface area contributed by atoms with Gasteiger partial charge >= 0.3 is 0 Å². The van der Waals surface area contributed by atoms with Gasteiger partial charge in [0.15, 0.2) is 0 Å². The van der Waals surface area contributed by atoms with Crippen LogP contribution in [0.4, 0.5) is 0 Å². The van der Waals surface area contributed by atoms with Crippen molar-refractivity contribution in [1.82, 2.24) is 0 Å². The van der Waals surface area contributed by atoms with Gasteiger partial charge in [-0.2, -0.15) is 0 Å². The summed E-state index contributed by atoms with van der Waals surface area (Å²) in [6, 6.07) is 0. The Labute approximate surface area is 115 Å². The maximum Gasteiger partial charge on any atom is -0.0103 e. The Morgan fingerprint density at radius 1 is 1.22 bits per heavy atom. The van der Waals surface area contributed by atoms with Gasteiger partial charge in [-0.3, -0.25) is 0 Å². The lowest BCUT2D eigenvalue weighted by molar-refractivity contribution is 0.102. The van der Waals surface area contributed by atoms with E-state index in [1.54, 1.807) is 5.57 Å². The second kappa shape index (κ2) is 5.63. The van der Waals surface area contributed by atoms with Crippen LogP contribution in [0.15, 0.2) is 23.3 Å². The fourth-order valence-electron chi connectivity index (χ4n) is 3.19. The molecular weight excluding hydrogens is 216 g/mol. The molecule has 1 aliphatic carbocycles. The molecule has 0 aromatic carbocycles. The third kappa shape index (κ3) is 3.28. The standard InChI is InChI=1S/C18H32/c1-12(2)15(6)16(13(3)4)11-14(5)17-9-10-18(17,7)8/h12,15,17H,5,9-11H2,1-4,6-8H3. The van der Waals surface area contributed by atoms with Crippen molar-refractivity contribution in [1.29, 1.82) is 0 Å². The summed E-state index contributed by atoms with van der Waals surface area (Å²) in [5.74, 6) is 2.14. The normalized spacial score (nSPS) is 23.4. The Bertz CT molecular complexity index is 337. The van der Waals surface area contributed by atoms with Gasteiger partial charge in [0.25, 0.3) is 0 Å². The summed E-state index contributed by atoms with van der Waals surface area (Å²) in [6.07, 6.45) is 3.83. The fraction of sp³-hybridized carbons (Fsp3) is 0.778. The van der Waals surface area contributed by atoms with Gasteiger partial charge in [0, 0.05) is 0 Å². The molecule has 0 bridgehead atoms. The molecule has 1 saturated carbocycles. The van der Waals surface area contributed by atoms with E-state index in [1.807, 2.05) is 0 Å². The highest BCUT2D eigenvalue weighted by Gasteiger charge is 2.39. The molecule has 2 unspecified atom stereocenters. The van der Waals surface area contributed by atoms with E-state index in [4.69, 9.17) is 0 Å². The molecule has 104 valence electrons. The largest absolute Gasteiger partial charge is 0.0992 e. The molecule has 0 aromatic rings. The van der Waals surface area contributed by atoms with Crippen molar-refractivity contribution in [2.24, 2.45) is 23.2 Å². The number of hydrogen-bond acceptors (Lipinski definition) is 0. The van der Waals surface area contributed by atoms with Gasteiger partial charge in [0.1, 0.15) is 0 Å². The van der Waals surface area contributed by atoms with Crippen LogP contribution in [0.3, 0.4) is 0 Å². The van der Waals surface area contributed by atoms with Gasteiger partial charge in [-0.25, -0.2) is 0 Å². The molecule has 0 amide bonds. The van der Waals surface area contributed by atoms with Crippen LogP contribution in [0.2, 0.25) is 0 Å². The molecule has 0 spiro atoms. The summed E-state index contributed by atoms with van der Waals surface area (Å²) in [4.78, 5) is 0. The average Bonchev–Trinajstić information content (AvgIpc) is 2.23. The SMILES string of the molecule is C=C(CC(=C(C)C)C(C)C(C)C)C1CCC1(C)C. The zero-order valence-electron chi connectivity index (χ0n) is 13.6. The predicted octanol–water partition coefficient (Wildman–Crippen LogP) is 6.00. The first kappa shape index (κ1) is 15.5. The van der Waals surface area contributed by atoms with Gasteiger partial charge in [-0.05, 0) is 56.3 Å². The monoisotopic (exact) mass is 248 g/mol. The Balaban J connectivity index is 2.75. The second-order valence-electron chi connectivity index (χ2n) is 7.47. The minimum Gasteiger partial charge on any atom is -0.0992 e. The van der Waals surface area contributed by atoms with E-state index in [1.165, 1.54) is 24.0 Å². The van der Waals surface area contributed by atoms with Crippen LogP contribution in [0, 0.1) is 23.2 Å². The van der Waals surface area contributed by atoms with Crippen LogP contribution < -0.4 is 0 Å². The van der Waals surface area contributed by atoms with E-state index in [9.17, 15) is 0 Å². The van der Waals surface area contributed by atoms with E-state index in [2.05, 4.69) is 55.0 Å². The Morgan fingerprint density at radius 2 is 1.78 bits per heavy atom. The highest BCUT2D eigenvalue weighted by atomic mass is 14.4. The number of hydrogen-bond donors (Lipinski definition) is 0. The molecule has 0 heterocycles. The van der Waals surface area contributed by atoms with Gasteiger partial charge in [0.05, 0.1) is 0 Å². The van der Waals surface area contributed by atoms with Gasteiger partial charge < -0.3 is 0 Å². The number of allylic oxidation sites excluding steroid dienone is 3. The molecular formula is C18H32. The summed E-state index contributed by atoms with van der Waals surface area (Å²) in [5, 5.41) is 0. The lowest BCUT2D eigenvalue weighted by Crippen LogP contribution is -2.35. The van der Waals surface area contributed by atoms with E-state index in [0.29, 0.717) is 11.3 Å². The van der Waals surface area contributed by atoms with E-state index in [-0.39, 0.29) is 0 Å². The lowest BCUT2D eigenvalue weighted by atomic mass is 9.59. The molecule has 0 aromatic heterocycles. The average molecular weight is 248 g/mol. The predicted molar refractivity (Wildman–Crippen MR) is 82.6 cm³/mol. The molecule has 1 aliphatic rings. The quantitative estimate of drug-likeness (QED) is 0.524. The third-order valence-electron chi connectivity index (χ3n) is 5.12. The molecule has 1 fully saturated rings. The Morgan fingerprint density at radius 3 is 2.06 bits per heavy atom. The maximum absolute atomic E-state index is 4.40. The van der Waals surface area contributed by atoms with Gasteiger partial charge in [-0.1, -0.05) is 57.9 Å². The first-order valence-corrected chi connectivity index (χ1v) is 7.50. The summed E-state index contributed by atoms with van der Waals surface area (Å²) >= 11 is 0. The molecule has 0 heteroatoms. The van der Waals surface area contributed by atoms with Crippen LogP contribution in [-0.4, -0.2) is 0 Å². The van der Waals surface area contributed by atoms with Crippen molar-refractivity contribution >= 4 is 0 Å². The molecule has 0 nitrogen and oxygen atoms in total. The molecule has 0 saturated heterocycles. The smallest absolute Gasteiger partial charge is 0.0103 e. The van der Waals surface area contributed by atoms with Crippen LogP contribution >= 0.6 is 0 Å². The van der Waals surface area contributed by atoms with Gasteiger partial charge in [-0.15, -0.1) is 0 Å². The minimum atomic E-state index is 0.491. The highest BCUT2D eigenvalue weighted by Crippen LogP contribution is 2.51. The second-order valence-corrected chi connectivity index (χ2v) is 7.47. The molecule has 0 radical (unpaired) electrons. The topological polar surface area (TPSA) is 0 Å². The molecule has 0 aliphatic heterocycles. The van der Waals surface area contributed by atoms with E-state index in [0.717, 1.165) is 18.3 Å². The van der Waals surface area contributed by atoms with Crippen molar-refractivity contribution < 1.29 is 0 Å². The first-order chi connectivity index (χ1) is 8.16. The van der Waals surface area contributed by atoms with Crippen LogP contribution in [-0.2, 0) is 0 Å². The summed E-state index contributed by atoms with van der Waals surface area (Å²) in [6.45, 7) is 20.7. The van der Waals surface area contributed by atoms with E-state index >= 15 is 0 Å². The van der Waals surface area contributed by atoms with Crippen molar-refractivity contribution in [3.63, 3.8) is 0 Å². The van der Waals surface area contributed by atoms with Gasteiger partial charge in [0.2, 0.25) is 0 Å². The Kier molecular flexibility index (Phi) is 4.86. The lowest BCUT2D eigenvalue weighted by Gasteiger charge is -2.46. The third-order valence-corrected chi connectivity index (χ3v) is 5.12. The molecule has 2 atom stereocenters. The molecule has 18 heavy (non-hydrogen) atoms. The summed E-state index contributed by atoms with van der Waals surface area (Å²) in [5.41, 5.74) is 5.08. The van der Waals surface area contributed by atoms with Crippen molar-refractivity contribution in [2.75, 3.05) is 0 Å². The molecule has 1 rings (SSSR count). The summed E-state index contributed by atoms with van der Waals surface area (Å²) in [7, 11) is 0. The van der Waals surface area contributed by atoms with Crippen molar-refractivity contribution in [2.45, 2.75) is 67.7 Å². The minimum absolute atomic E-state index is 0.491. The zero-order valence-corrected chi connectivity index (χ0v) is 13.6. The highest BCUT2D eigenvalue weighted by molar-refractivity contribution is 5.24. The van der Waals surface area contributed by atoms with Crippen LogP contribution in [0.5, 0.6) is 0 Å². The van der Waals surface area contributed by atoms with Crippen molar-refractivity contribution in [3.8, 4) is 0 Å². The van der Waals surface area contributed by atoms with Crippen LogP contribution in [0.25, 0.3) is 0 Å². The fourth-order valence-corrected chi connectivity index (χ4v) is 3.19. The van der Waals surface area contributed by atoms with Crippen LogP contribution in [0.1, 0.15) is 67.7 Å². The molecule has 0 N–H and O–H groups in total. The Hall–Kier alpha value is -0.520. The summed E-state index contributed by atoms with van der Waals surface area (Å²) < 4.78 is 0. The first-order valence-electron chi connectivity index (χ1n) is 7.50. The zero-order chi connectivity index (χ0) is 14.1. The number of rotatable bonds is 5. The van der Waals surface area contributed by atoms with Crippen molar-refractivity contribution in [3.05, 3.63) is 23.3 Å².